The topological polar surface area (TPSA) is 154 Å². The fourth-order valence-corrected chi connectivity index (χ4v) is 3.75. The standard InChI is InChI=1S/C22H24N6O6S/c1-27-17-16(20(31)28(2)22(27)33)24-15(11-23-17)19(30)26-14(9-10-35-4)18(29)25-13-8-6-5-7-12(13)21(32)34-3/h5-8,11,14H,9-10H2,1-4H3,(H,25,29)(H,26,30)/t14-/m0/s1. The lowest BCUT2D eigenvalue weighted by Crippen LogP contribution is -2.45. The van der Waals surface area contributed by atoms with Crippen molar-refractivity contribution < 1.29 is 19.1 Å². The normalized spacial score (nSPS) is 11.7. The zero-order valence-corrected chi connectivity index (χ0v) is 20.3. The Balaban J connectivity index is 1.89. The number of carbonyl (C=O) groups excluding carboxylic acids is 3. The summed E-state index contributed by atoms with van der Waals surface area (Å²) in [6, 6.07) is 5.37. The second-order valence-corrected chi connectivity index (χ2v) is 8.45. The number of benzene rings is 1. The minimum absolute atomic E-state index is 0.0331. The summed E-state index contributed by atoms with van der Waals surface area (Å²) >= 11 is 1.49. The van der Waals surface area contributed by atoms with Gasteiger partial charge in [0.15, 0.2) is 11.2 Å². The first-order valence-electron chi connectivity index (χ1n) is 10.4. The second-order valence-electron chi connectivity index (χ2n) is 7.47. The van der Waals surface area contributed by atoms with Crippen molar-refractivity contribution >= 4 is 46.4 Å². The van der Waals surface area contributed by atoms with Crippen LogP contribution in [0, 0.1) is 0 Å². The van der Waals surface area contributed by atoms with Crippen LogP contribution in [0.5, 0.6) is 0 Å². The molecule has 0 aliphatic heterocycles. The molecule has 0 saturated carbocycles. The molecule has 0 aliphatic rings. The number of aromatic nitrogens is 4. The molecule has 1 atom stereocenters. The van der Waals surface area contributed by atoms with E-state index in [-0.39, 0.29) is 34.5 Å². The van der Waals surface area contributed by atoms with Crippen LogP contribution in [0.15, 0.2) is 40.1 Å². The predicted octanol–water partition coefficient (Wildman–Crippen LogP) is 0.304. The molecule has 13 heteroatoms. The zero-order valence-electron chi connectivity index (χ0n) is 19.5. The van der Waals surface area contributed by atoms with E-state index < -0.39 is 35.1 Å². The Kier molecular flexibility index (Phi) is 8.02. The van der Waals surface area contributed by atoms with Crippen molar-refractivity contribution in [3.05, 3.63) is 62.6 Å². The van der Waals surface area contributed by atoms with Gasteiger partial charge >= 0.3 is 11.7 Å². The monoisotopic (exact) mass is 500 g/mol. The van der Waals surface area contributed by atoms with Gasteiger partial charge in [0, 0.05) is 14.1 Å². The fourth-order valence-electron chi connectivity index (χ4n) is 3.28. The summed E-state index contributed by atoms with van der Waals surface area (Å²) in [5, 5.41) is 5.28. The molecule has 184 valence electrons. The molecule has 2 heterocycles. The van der Waals surface area contributed by atoms with Gasteiger partial charge in [-0.1, -0.05) is 12.1 Å². The molecule has 2 aromatic heterocycles. The Labute approximate surface area is 203 Å². The quantitative estimate of drug-likeness (QED) is 0.416. The number of rotatable bonds is 8. The van der Waals surface area contributed by atoms with Gasteiger partial charge in [-0.25, -0.2) is 19.6 Å². The van der Waals surface area contributed by atoms with Crippen LogP contribution in [0.1, 0.15) is 27.3 Å². The van der Waals surface area contributed by atoms with Crippen LogP contribution in [0.3, 0.4) is 0 Å². The van der Waals surface area contributed by atoms with Gasteiger partial charge in [0.1, 0.15) is 11.7 Å². The van der Waals surface area contributed by atoms with Crippen molar-refractivity contribution in [1.82, 2.24) is 24.4 Å². The molecular weight excluding hydrogens is 476 g/mol. The number of fused-ring (bicyclic) bond motifs is 1. The van der Waals surface area contributed by atoms with Gasteiger partial charge in [-0.3, -0.25) is 23.5 Å². The van der Waals surface area contributed by atoms with Gasteiger partial charge in [0.2, 0.25) is 5.91 Å². The van der Waals surface area contributed by atoms with Gasteiger partial charge in [-0.05, 0) is 30.6 Å². The van der Waals surface area contributed by atoms with Crippen molar-refractivity contribution in [1.29, 1.82) is 0 Å². The number of nitrogens with one attached hydrogen (secondary N) is 2. The predicted molar refractivity (Wildman–Crippen MR) is 131 cm³/mol. The number of ether oxygens (including phenoxy) is 1. The van der Waals surface area contributed by atoms with Crippen LogP contribution < -0.4 is 21.9 Å². The highest BCUT2D eigenvalue weighted by Crippen LogP contribution is 2.17. The molecule has 0 aliphatic carbocycles. The van der Waals surface area contributed by atoms with Crippen molar-refractivity contribution in [2.75, 3.05) is 24.4 Å². The number of hydrogen-bond acceptors (Lipinski definition) is 9. The SMILES string of the molecule is COC(=O)c1ccccc1NC(=O)[C@H](CCSC)NC(=O)c1cnc2c(n1)c(=O)n(C)c(=O)n2C. The average molecular weight is 501 g/mol. The van der Waals surface area contributed by atoms with E-state index in [4.69, 9.17) is 4.74 Å². The van der Waals surface area contributed by atoms with E-state index in [1.54, 1.807) is 18.2 Å². The number of amides is 2. The summed E-state index contributed by atoms with van der Waals surface area (Å²) in [5.74, 6) is -1.33. The van der Waals surface area contributed by atoms with E-state index >= 15 is 0 Å². The van der Waals surface area contributed by atoms with Crippen LogP contribution in [0.4, 0.5) is 5.69 Å². The molecule has 0 spiro atoms. The lowest BCUT2D eigenvalue weighted by molar-refractivity contribution is -0.118. The lowest BCUT2D eigenvalue weighted by Gasteiger charge is -2.19. The summed E-state index contributed by atoms with van der Waals surface area (Å²) in [5.41, 5.74) is -1.17. The maximum atomic E-state index is 13.0. The summed E-state index contributed by atoms with van der Waals surface area (Å²) in [6.45, 7) is 0. The third-order valence-corrected chi connectivity index (χ3v) is 5.85. The molecule has 35 heavy (non-hydrogen) atoms. The van der Waals surface area contributed by atoms with E-state index in [1.165, 1.54) is 39.0 Å². The Morgan fingerprint density at radius 1 is 1.14 bits per heavy atom. The molecule has 0 fully saturated rings. The van der Waals surface area contributed by atoms with Gasteiger partial charge in [0.25, 0.3) is 11.5 Å². The molecule has 0 unspecified atom stereocenters. The number of nitrogens with zero attached hydrogens (tertiary/aromatic N) is 4. The van der Waals surface area contributed by atoms with E-state index in [0.717, 1.165) is 15.3 Å². The van der Waals surface area contributed by atoms with Crippen LogP contribution in [0.25, 0.3) is 11.2 Å². The number of anilines is 1. The number of carbonyl (C=O) groups is 3. The molecule has 0 bridgehead atoms. The number of methoxy groups -OCH3 is 1. The van der Waals surface area contributed by atoms with Crippen molar-refractivity contribution in [2.24, 2.45) is 14.1 Å². The minimum Gasteiger partial charge on any atom is -0.465 e. The summed E-state index contributed by atoms with van der Waals surface area (Å²) in [7, 11) is 3.97. The van der Waals surface area contributed by atoms with Gasteiger partial charge < -0.3 is 15.4 Å². The summed E-state index contributed by atoms with van der Waals surface area (Å²) in [4.78, 5) is 70.7. The fraction of sp³-hybridized carbons (Fsp3) is 0.318. The minimum atomic E-state index is -0.971. The Hall–Kier alpha value is -4.00. The third kappa shape index (κ3) is 5.40. The lowest BCUT2D eigenvalue weighted by atomic mass is 10.1. The number of esters is 1. The highest BCUT2D eigenvalue weighted by molar-refractivity contribution is 7.98. The largest absolute Gasteiger partial charge is 0.465 e. The molecule has 2 amide bonds. The van der Waals surface area contributed by atoms with E-state index in [0.29, 0.717) is 5.75 Å². The van der Waals surface area contributed by atoms with Gasteiger partial charge in [-0.2, -0.15) is 11.8 Å². The molecule has 1 aromatic carbocycles. The van der Waals surface area contributed by atoms with E-state index in [9.17, 15) is 24.0 Å². The Bertz CT molecular complexity index is 1420. The van der Waals surface area contributed by atoms with Crippen molar-refractivity contribution in [3.63, 3.8) is 0 Å². The van der Waals surface area contributed by atoms with E-state index in [1.807, 2.05) is 6.26 Å². The summed E-state index contributed by atoms with van der Waals surface area (Å²) in [6.07, 6.45) is 3.28. The smallest absolute Gasteiger partial charge is 0.339 e. The average Bonchev–Trinajstić information content (AvgIpc) is 2.87. The molecule has 0 saturated heterocycles. The third-order valence-electron chi connectivity index (χ3n) is 5.21. The van der Waals surface area contributed by atoms with Crippen molar-refractivity contribution in [2.45, 2.75) is 12.5 Å². The number of para-hydroxylation sites is 1. The van der Waals surface area contributed by atoms with Crippen LogP contribution in [-0.4, -0.2) is 62.0 Å². The maximum absolute atomic E-state index is 13.0. The van der Waals surface area contributed by atoms with Crippen LogP contribution in [0.2, 0.25) is 0 Å². The second kappa shape index (κ2) is 11.0. The molecule has 3 rings (SSSR count). The molecule has 12 nitrogen and oxygen atoms in total. The Morgan fingerprint density at radius 2 is 1.86 bits per heavy atom. The molecular formula is C22H24N6O6S. The Morgan fingerprint density at radius 3 is 2.54 bits per heavy atom. The van der Waals surface area contributed by atoms with Crippen LogP contribution >= 0.6 is 11.8 Å². The zero-order chi connectivity index (χ0) is 25.7. The molecule has 3 aromatic rings. The summed E-state index contributed by atoms with van der Waals surface area (Å²) < 4.78 is 6.77. The first-order valence-corrected chi connectivity index (χ1v) is 11.8. The number of thioether (sulfide) groups is 1. The number of hydrogen-bond donors (Lipinski definition) is 2. The first-order chi connectivity index (χ1) is 16.7. The molecule has 2 N–H and O–H groups in total. The van der Waals surface area contributed by atoms with E-state index in [2.05, 4.69) is 20.6 Å². The maximum Gasteiger partial charge on any atom is 0.339 e. The van der Waals surface area contributed by atoms with Crippen molar-refractivity contribution in [3.8, 4) is 0 Å². The van der Waals surface area contributed by atoms with Gasteiger partial charge in [-0.15, -0.1) is 0 Å². The number of aryl methyl sites for hydroxylation is 1. The van der Waals surface area contributed by atoms with Crippen LogP contribution in [-0.2, 0) is 23.6 Å². The molecule has 0 radical (unpaired) electrons. The van der Waals surface area contributed by atoms with Gasteiger partial charge in [0.05, 0.1) is 24.6 Å². The first kappa shape index (κ1) is 25.6. The highest BCUT2D eigenvalue weighted by atomic mass is 32.2. The highest BCUT2D eigenvalue weighted by Gasteiger charge is 2.24.